The molecule has 1 aliphatic heterocycles. The van der Waals surface area contributed by atoms with Gasteiger partial charge in [-0.1, -0.05) is 36.4 Å². The minimum absolute atomic E-state index is 0.0160. The minimum Gasteiger partial charge on any atom is -0.496 e. The molecule has 0 saturated heterocycles. The highest BCUT2D eigenvalue weighted by molar-refractivity contribution is 5.95. The van der Waals surface area contributed by atoms with Gasteiger partial charge in [-0.2, -0.15) is 5.26 Å². The molecule has 1 aliphatic rings. The summed E-state index contributed by atoms with van der Waals surface area (Å²) in [6.07, 6.45) is 2.51. The van der Waals surface area contributed by atoms with Crippen molar-refractivity contribution in [2.24, 2.45) is 0 Å². The molecule has 4 aromatic rings. The molecule has 0 saturated carbocycles. The van der Waals surface area contributed by atoms with E-state index in [-0.39, 0.29) is 6.61 Å². The van der Waals surface area contributed by atoms with Crippen LogP contribution in [0, 0.1) is 11.3 Å². The van der Waals surface area contributed by atoms with Gasteiger partial charge in [0.1, 0.15) is 12.4 Å². The molecule has 0 aliphatic carbocycles. The molecule has 3 N–H and O–H groups in total. The Morgan fingerprint density at radius 3 is 2.79 bits per heavy atom. The number of imidazole rings is 1. The molecule has 3 aromatic carbocycles. The zero-order valence-electron chi connectivity index (χ0n) is 20.7. The van der Waals surface area contributed by atoms with Crippen molar-refractivity contribution < 1.29 is 19.1 Å². The second-order valence-electron chi connectivity index (χ2n) is 8.80. The third kappa shape index (κ3) is 5.20. The summed E-state index contributed by atoms with van der Waals surface area (Å²) in [5.74, 6) is 0.167. The Morgan fingerprint density at radius 2 is 1.95 bits per heavy atom. The number of fused-ring (bicyclic) bond motifs is 1. The monoisotopic (exact) mass is 507 g/mol. The summed E-state index contributed by atoms with van der Waals surface area (Å²) in [4.78, 5) is 33.7. The number of aryl methyl sites for hydroxylation is 1. The first-order valence-electron chi connectivity index (χ1n) is 12.1. The number of aromatic amines is 1. The summed E-state index contributed by atoms with van der Waals surface area (Å²) < 4.78 is 11.2. The molecule has 1 unspecified atom stereocenters. The number of ether oxygens (including phenoxy) is 2. The number of carbonyl (C=O) groups excluding carboxylic acids is 2. The number of nitrogens with zero attached hydrogens (tertiary/aromatic N) is 2. The van der Waals surface area contributed by atoms with Gasteiger partial charge in [0.05, 0.1) is 47.7 Å². The Morgan fingerprint density at radius 1 is 1.08 bits per heavy atom. The maximum absolute atomic E-state index is 13.6. The maximum atomic E-state index is 13.6. The smallest absolute Gasteiger partial charge is 0.338 e. The number of urea groups is 1. The first kappa shape index (κ1) is 24.6. The van der Waals surface area contributed by atoms with Crippen molar-refractivity contribution in [1.82, 2.24) is 20.6 Å². The molecule has 190 valence electrons. The van der Waals surface area contributed by atoms with Crippen LogP contribution < -0.4 is 15.4 Å². The lowest BCUT2D eigenvalue weighted by atomic mass is 9.92. The van der Waals surface area contributed by atoms with E-state index in [1.807, 2.05) is 42.5 Å². The first-order chi connectivity index (χ1) is 18.6. The Balaban J connectivity index is 1.49. The van der Waals surface area contributed by atoms with E-state index in [1.165, 1.54) is 0 Å². The molecule has 0 bridgehead atoms. The van der Waals surface area contributed by atoms with Crippen LogP contribution in [0.4, 0.5) is 4.79 Å². The van der Waals surface area contributed by atoms with E-state index in [0.717, 1.165) is 22.3 Å². The Hall–Kier alpha value is -5.10. The van der Waals surface area contributed by atoms with Gasteiger partial charge in [-0.3, -0.25) is 0 Å². The normalized spacial score (nSPS) is 14.9. The molecule has 1 atom stereocenters. The first-order valence-corrected chi connectivity index (χ1v) is 12.1. The number of H-pyrrole nitrogens is 1. The van der Waals surface area contributed by atoms with E-state index in [1.54, 1.807) is 37.7 Å². The van der Waals surface area contributed by atoms with Crippen molar-refractivity contribution in [2.75, 3.05) is 7.11 Å². The summed E-state index contributed by atoms with van der Waals surface area (Å²) >= 11 is 0. The molecular weight excluding hydrogens is 482 g/mol. The van der Waals surface area contributed by atoms with Gasteiger partial charge < -0.3 is 25.1 Å². The maximum Gasteiger partial charge on any atom is 0.338 e. The second-order valence-corrected chi connectivity index (χ2v) is 8.80. The third-order valence-electron chi connectivity index (χ3n) is 6.41. The lowest BCUT2D eigenvalue weighted by molar-refractivity contribution is -0.140. The second kappa shape index (κ2) is 10.9. The lowest BCUT2D eigenvalue weighted by Gasteiger charge is -2.29. The van der Waals surface area contributed by atoms with Crippen LogP contribution in [0.5, 0.6) is 5.75 Å². The summed E-state index contributed by atoms with van der Waals surface area (Å²) in [5.41, 5.74) is 5.18. The molecule has 0 fully saturated rings. The number of nitriles is 1. The van der Waals surface area contributed by atoms with E-state index in [0.29, 0.717) is 40.8 Å². The predicted octanol–water partition coefficient (Wildman–Crippen LogP) is 4.43. The van der Waals surface area contributed by atoms with Crippen molar-refractivity contribution in [2.45, 2.75) is 25.5 Å². The molecule has 9 nitrogen and oxygen atoms in total. The van der Waals surface area contributed by atoms with Gasteiger partial charge >= 0.3 is 12.0 Å². The fraction of sp³-hybridized carbons (Fsp3) is 0.172. The largest absolute Gasteiger partial charge is 0.496 e. The van der Waals surface area contributed by atoms with Gasteiger partial charge in [-0.05, 0) is 59.9 Å². The number of hydrogen-bond donors (Lipinski definition) is 3. The van der Waals surface area contributed by atoms with Crippen LogP contribution in [-0.2, 0) is 22.6 Å². The highest BCUT2D eigenvalue weighted by Gasteiger charge is 2.34. The van der Waals surface area contributed by atoms with Gasteiger partial charge in [0, 0.05) is 5.70 Å². The molecular formula is C29H25N5O4. The average molecular weight is 508 g/mol. The Bertz CT molecular complexity index is 1580. The number of para-hydroxylation sites is 1. The van der Waals surface area contributed by atoms with E-state index in [9.17, 15) is 14.9 Å². The fourth-order valence-electron chi connectivity index (χ4n) is 4.57. The number of carbonyl (C=O) groups is 2. The number of methoxy groups -OCH3 is 1. The quantitative estimate of drug-likeness (QED) is 0.303. The van der Waals surface area contributed by atoms with Crippen molar-refractivity contribution in [3.63, 3.8) is 0 Å². The average Bonchev–Trinajstić information content (AvgIpc) is 3.43. The Labute approximate surface area is 219 Å². The van der Waals surface area contributed by atoms with Gasteiger partial charge in [0.15, 0.2) is 0 Å². The summed E-state index contributed by atoms with van der Waals surface area (Å²) in [6.45, 7) is -0.0160. The number of hydrogen-bond acceptors (Lipinski definition) is 6. The number of nitrogens with one attached hydrogen (secondary N) is 3. The summed E-state index contributed by atoms with van der Waals surface area (Å²) in [6, 6.07) is 21.0. The SMILES string of the molecule is COc1ccccc1CCC1=C(C(=O)OCc2cccc(C#N)c2)C(c2ccc3nc[nH]c3c2)NC(=O)N1. The number of esters is 1. The molecule has 1 aromatic heterocycles. The number of allylic oxidation sites excluding steroid dienone is 1. The molecule has 0 spiro atoms. The highest BCUT2D eigenvalue weighted by atomic mass is 16.5. The van der Waals surface area contributed by atoms with Gasteiger partial charge in [0.2, 0.25) is 0 Å². The topological polar surface area (TPSA) is 129 Å². The van der Waals surface area contributed by atoms with E-state index in [4.69, 9.17) is 9.47 Å². The lowest BCUT2D eigenvalue weighted by Crippen LogP contribution is -2.46. The molecule has 9 heteroatoms. The van der Waals surface area contributed by atoms with E-state index in [2.05, 4.69) is 26.7 Å². The van der Waals surface area contributed by atoms with Crippen molar-refractivity contribution >= 4 is 23.0 Å². The highest BCUT2D eigenvalue weighted by Crippen LogP contribution is 2.32. The van der Waals surface area contributed by atoms with Crippen molar-refractivity contribution in [3.8, 4) is 11.8 Å². The van der Waals surface area contributed by atoms with E-state index >= 15 is 0 Å². The standard InChI is InChI=1S/C29H25N5O4/c1-37-25-8-3-2-7-20(25)9-12-23-26(28(35)38-16-19-6-4-5-18(13-19)15-30)27(34-29(36)33-23)21-10-11-22-24(14-21)32-17-31-22/h2-8,10-11,13-14,17,27H,9,12,16H2,1H3,(H,31,32)(H2,33,34,36). The summed E-state index contributed by atoms with van der Waals surface area (Å²) in [7, 11) is 1.61. The number of rotatable bonds is 8. The zero-order chi connectivity index (χ0) is 26.5. The van der Waals surface area contributed by atoms with Crippen LogP contribution in [0.3, 0.4) is 0 Å². The van der Waals surface area contributed by atoms with Crippen LogP contribution in [0.25, 0.3) is 11.0 Å². The molecule has 38 heavy (non-hydrogen) atoms. The minimum atomic E-state index is -0.734. The van der Waals surface area contributed by atoms with Gasteiger partial charge in [-0.25, -0.2) is 14.6 Å². The van der Waals surface area contributed by atoms with Crippen molar-refractivity contribution in [3.05, 3.63) is 107 Å². The Kier molecular flexibility index (Phi) is 7.04. The molecule has 5 rings (SSSR count). The van der Waals surface area contributed by atoms with Gasteiger partial charge in [-0.15, -0.1) is 0 Å². The van der Waals surface area contributed by atoms with Crippen LogP contribution in [0.2, 0.25) is 0 Å². The van der Waals surface area contributed by atoms with Crippen LogP contribution in [-0.4, -0.2) is 29.1 Å². The fourth-order valence-corrected chi connectivity index (χ4v) is 4.57. The van der Waals surface area contributed by atoms with E-state index < -0.39 is 18.0 Å². The summed E-state index contributed by atoms with van der Waals surface area (Å²) in [5, 5.41) is 14.9. The van der Waals surface area contributed by atoms with Crippen LogP contribution in [0.15, 0.2) is 84.3 Å². The van der Waals surface area contributed by atoms with Crippen LogP contribution >= 0.6 is 0 Å². The number of amides is 2. The molecule has 2 heterocycles. The zero-order valence-corrected chi connectivity index (χ0v) is 20.7. The number of aromatic nitrogens is 2. The van der Waals surface area contributed by atoms with Gasteiger partial charge in [0.25, 0.3) is 0 Å². The van der Waals surface area contributed by atoms with Crippen molar-refractivity contribution in [1.29, 1.82) is 5.26 Å². The number of benzene rings is 3. The molecule has 2 amide bonds. The molecule has 0 radical (unpaired) electrons. The third-order valence-corrected chi connectivity index (χ3v) is 6.41. The predicted molar refractivity (Wildman–Crippen MR) is 140 cm³/mol. The van der Waals surface area contributed by atoms with Crippen LogP contribution in [0.1, 0.15) is 34.7 Å².